The molecule has 0 fully saturated rings. The minimum Gasteiger partial charge on any atom is -0.458 e. The van der Waals surface area contributed by atoms with Gasteiger partial charge in [0.25, 0.3) is 0 Å². The van der Waals surface area contributed by atoms with Crippen molar-refractivity contribution in [2.75, 3.05) is 11.5 Å². The minimum atomic E-state index is -3.79. The maximum absolute atomic E-state index is 13.5. The molecule has 2 amide bonds. The minimum absolute atomic E-state index is 0.175. The van der Waals surface area contributed by atoms with Crippen LogP contribution >= 0.6 is 0 Å². The molecule has 1 unspecified atom stereocenters. The zero-order valence-electron chi connectivity index (χ0n) is 24.3. The van der Waals surface area contributed by atoms with Gasteiger partial charge in [-0.2, -0.15) is 0 Å². The Balaban J connectivity index is 2.30. The van der Waals surface area contributed by atoms with Crippen molar-refractivity contribution in [3.63, 3.8) is 0 Å². The number of amides is 2. The number of hydrogen-bond acceptors (Lipinski definition) is 7. The quantitative estimate of drug-likeness (QED) is 0.406. The summed E-state index contributed by atoms with van der Waals surface area (Å²) >= 11 is 0. The van der Waals surface area contributed by atoms with E-state index in [2.05, 4.69) is 11.9 Å². The van der Waals surface area contributed by atoms with E-state index >= 15 is 0 Å². The third-order valence-electron chi connectivity index (χ3n) is 5.83. The van der Waals surface area contributed by atoms with Gasteiger partial charge in [-0.25, -0.2) is 18.0 Å². The molecule has 40 heavy (non-hydrogen) atoms. The van der Waals surface area contributed by atoms with Gasteiger partial charge in [-0.05, 0) is 66.2 Å². The molecule has 10 heteroatoms. The molecule has 0 spiro atoms. The Morgan fingerprint density at radius 1 is 0.925 bits per heavy atom. The number of benzene rings is 2. The topological polar surface area (TPSA) is 119 Å². The van der Waals surface area contributed by atoms with Gasteiger partial charge < -0.3 is 14.8 Å². The van der Waals surface area contributed by atoms with Crippen LogP contribution in [0.5, 0.6) is 0 Å². The Morgan fingerprint density at radius 3 is 1.95 bits per heavy atom. The number of carbonyl (C=O) groups excluding carboxylic acids is 3. The molecule has 0 aliphatic carbocycles. The molecule has 0 bridgehead atoms. The maximum atomic E-state index is 13.5. The first-order chi connectivity index (χ1) is 18.4. The molecule has 2 rings (SSSR count). The fourth-order valence-electron chi connectivity index (χ4n) is 3.62. The van der Waals surface area contributed by atoms with E-state index in [1.54, 1.807) is 51.1 Å². The molecule has 0 heterocycles. The molecular weight excluding hydrogens is 532 g/mol. The second-order valence-electron chi connectivity index (χ2n) is 11.4. The number of hydrogen-bond donors (Lipinski definition) is 1. The summed E-state index contributed by atoms with van der Waals surface area (Å²) in [5, 5.41) is 2.73. The highest BCUT2D eigenvalue weighted by Gasteiger charge is 2.35. The lowest BCUT2D eigenvalue weighted by molar-refractivity contribution is -0.158. The van der Waals surface area contributed by atoms with Crippen LogP contribution in [-0.2, 0) is 35.3 Å². The van der Waals surface area contributed by atoms with Crippen LogP contribution in [0.15, 0.2) is 72.1 Å². The third kappa shape index (κ3) is 8.94. The smallest absolute Gasteiger partial charge is 0.415 e. The van der Waals surface area contributed by atoms with Crippen molar-refractivity contribution in [3.8, 4) is 0 Å². The van der Waals surface area contributed by atoms with Gasteiger partial charge in [0, 0.05) is 12.1 Å². The van der Waals surface area contributed by atoms with Gasteiger partial charge in [0.15, 0.2) is 9.84 Å². The highest BCUT2D eigenvalue weighted by atomic mass is 32.2. The highest BCUT2D eigenvalue weighted by molar-refractivity contribution is 7.96. The number of ether oxygens (including phenoxy) is 2. The molecule has 218 valence electrons. The summed E-state index contributed by atoms with van der Waals surface area (Å²) in [6.45, 7) is 14.3. The molecule has 0 saturated heterocycles. The van der Waals surface area contributed by atoms with Crippen molar-refractivity contribution >= 4 is 33.5 Å². The predicted molar refractivity (Wildman–Crippen MR) is 155 cm³/mol. The normalized spacial score (nSPS) is 13.5. The molecule has 0 aliphatic heterocycles. The average molecular weight is 573 g/mol. The predicted octanol–water partition coefficient (Wildman–Crippen LogP) is 4.81. The zero-order valence-corrected chi connectivity index (χ0v) is 25.1. The van der Waals surface area contributed by atoms with Gasteiger partial charge in [0.2, 0.25) is 5.91 Å². The van der Waals surface area contributed by atoms with Gasteiger partial charge in [-0.1, -0.05) is 55.1 Å². The van der Waals surface area contributed by atoms with Crippen LogP contribution in [0.1, 0.15) is 54.0 Å². The second kappa shape index (κ2) is 13.1. The van der Waals surface area contributed by atoms with E-state index in [0.717, 1.165) is 10.5 Å². The Hall–Kier alpha value is -3.66. The SMILES string of the molecule is C=C(COC(=O)N(c1ccccc1)C(C)C(=O)N[C@@H](Cc1ccccc1)C(=O)OC(C)(C)C)S(=O)(=O)C(C)(C)C. The largest absolute Gasteiger partial charge is 0.458 e. The lowest BCUT2D eigenvalue weighted by Crippen LogP contribution is -2.54. The van der Waals surface area contributed by atoms with Crippen molar-refractivity contribution in [1.29, 1.82) is 0 Å². The summed E-state index contributed by atoms with van der Waals surface area (Å²) in [4.78, 5) is 40.6. The molecule has 2 aromatic carbocycles. The van der Waals surface area contributed by atoms with Crippen LogP contribution in [0, 0.1) is 0 Å². The summed E-state index contributed by atoms with van der Waals surface area (Å²) < 4.78 is 35.1. The van der Waals surface area contributed by atoms with Crippen molar-refractivity contribution in [2.24, 2.45) is 0 Å². The number of esters is 1. The van der Waals surface area contributed by atoms with Crippen molar-refractivity contribution in [1.82, 2.24) is 5.32 Å². The summed E-state index contributed by atoms with van der Waals surface area (Å²) in [6, 6.07) is 15.3. The van der Waals surface area contributed by atoms with Crippen LogP contribution in [0.4, 0.5) is 10.5 Å². The van der Waals surface area contributed by atoms with Crippen molar-refractivity contribution < 1.29 is 32.3 Å². The fraction of sp³-hybridized carbons (Fsp3) is 0.433. The van der Waals surface area contributed by atoms with Crippen LogP contribution in [0.3, 0.4) is 0 Å². The molecule has 0 aromatic heterocycles. The summed E-state index contributed by atoms with van der Waals surface area (Å²) in [5.41, 5.74) is 0.374. The number of nitrogens with zero attached hydrogens (tertiary/aromatic N) is 1. The van der Waals surface area contributed by atoms with Crippen LogP contribution in [0.2, 0.25) is 0 Å². The zero-order chi connectivity index (χ0) is 30.3. The van der Waals surface area contributed by atoms with Gasteiger partial charge in [0.05, 0.1) is 9.65 Å². The number of anilines is 1. The summed E-state index contributed by atoms with van der Waals surface area (Å²) in [5.74, 6) is -1.25. The third-order valence-corrected chi connectivity index (χ3v) is 8.32. The van der Waals surface area contributed by atoms with Gasteiger partial charge in [0.1, 0.15) is 24.3 Å². The van der Waals surface area contributed by atoms with E-state index in [4.69, 9.17) is 9.47 Å². The fourth-order valence-corrected chi connectivity index (χ4v) is 4.70. The molecule has 0 radical (unpaired) electrons. The van der Waals surface area contributed by atoms with E-state index in [9.17, 15) is 22.8 Å². The average Bonchev–Trinajstić information content (AvgIpc) is 2.86. The van der Waals surface area contributed by atoms with Crippen LogP contribution in [-0.4, -0.2) is 55.4 Å². The van der Waals surface area contributed by atoms with Crippen LogP contribution in [0.25, 0.3) is 0 Å². The monoisotopic (exact) mass is 572 g/mol. The summed E-state index contributed by atoms with van der Waals surface area (Å²) in [7, 11) is -3.79. The van der Waals surface area contributed by atoms with Crippen LogP contribution < -0.4 is 10.2 Å². The number of rotatable bonds is 10. The van der Waals surface area contributed by atoms with Gasteiger partial charge >= 0.3 is 12.1 Å². The maximum Gasteiger partial charge on any atom is 0.415 e. The van der Waals surface area contributed by atoms with E-state index in [1.165, 1.54) is 27.7 Å². The highest BCUT2D eigenvalue weighted by Crippen LogP contribution is 2.24. The van der Waals surface area contributed by atoms with Crippen molar-refractivity contribution in [3.05, 3.63) is 77.7 Å². The molecule has 0 aliphatic rings. The second-order valence-corrected chi connectivity index (χ2v) is 14.2. The molecule has 2 atom stereocenters. The summed E-state index contributed by atoms with van der Waals surface area (Å²) in [6.07, 6.45) is -0.773. The Bertz CT molecular complexity index is 1300. The first kappa shape index (κ1) is 32.6. The molecule has 0 saturated carbocycles. The molecule has 2 aromatic rings. The first-order valence-corrected chi connectivity index (χ1v) is 14.4. The lowest BCUT2D eigenvalue weighted by atomic mass is 10.0. The Labute approximate surface area is 237 Å². The van der Waals surface area contributed by atoms with E-state index < -0.39 is 56.8 Å². The van der Waals surface area contributed by atoms with Gasteiger partial charge in [-0.15, -0.1) is 0 Å². The number of nitrogens with one attached hydrogen (secondary N) is 1. The number of sulfone groups is 1. The molecule has 9 nitrogen and oxygen atoms in total. The standard InChI is InChI=1S/C30H40N2O7S/c1-21(40(36,37)30(6,7)8)20-38-28(35)32(24-17-13-10-14-18-24)22(2)26(33)31-25(27(34)39-29(3,4)5)19-23-15-11-9-12-16-23/h9-18,22,25H,1,19-20H2,2-8H3,(H,31,33)/t22?,25-/m0/s1. The molecule has 1 N–H and O–H groups in total. The lowest BCUT2D eigenvalue weighted by Gasteiger charge is -2.30. The van der Waals surface area contributed by atoms with Gasteiger partial charge in [-0.3, -0.25) is 9.69 Å². The number of carbonyl (C=O) groups is 3. The van der Waals surface area contributed by atoms with E-state index in [1.807, 2.05) is 30.3 Å². The Kier molecular flexibility index (Phi) is 10.7. The van der Waals surface area contributed by atoms with E-state index in [0.29, 0.717) is 5.69 Å². The van der Waals surface area contributed by atoms with Crippen molar-refractivity contribution in [2.45, 2.75) is 77.3 Å². The number of para-hydroxylation sites is 1. The van der Waals surface area contributed by atoms with E-state index in [-0.39, 0.29) is 11.3 Å². The molecular formula is C30H40N2O7S. The Morgan fingerprint density at radius 2 is 1.45 bits per heavy atom. The first-order valence-electron chi connectivity index (χ1n) is 12.9.